The number of aliphatic carboxylic acids is 1. The first kappa shape index (κ1) is 31.5. The van der Waals surface area contributed by atoms with Crippen LogP contribution in [-0.2, 0) is 24.3 Å². The van der Waals surface area contributed by atoms with Gasteiger partial charge in [-0.15, -0.1) is 0 Å². The summed E-state index contributed by atoms with van der Waals surface area (Å²) in [6.45, 7) is 11.3. The second-order valence-corrected chi connectivity index (χ2v) is 11.2. The highest BCUT2D eigenvalue weighted by molar-refractivity contribution is 5.81. The van der Waals surface area contributed by atoms with E-state index in [1.165, 1.54) is 0 Å². The maximum absolute atomic E-state index is 12.5. The van der Waals surface area contributed by atoms with Crippen LogP contribution in [0.15, 0.2) is 29.1 Å². The van der Waals surface area contributed by atoms with E-state index in [1.54, 1.807) is 4.57 Å². The van der Waals surface area contributed by atoms with Gasteiger partial charge in [-0.25, -0.2) is 4.79 Å². The molecule has 1 aromatic carbocycles. The van der Waals surface area contributed by atoms with Crippen LogP contribution < -0.4 is 16.2 Å². The number of carboxylic acids is 1. The van der Waals surface area contributed by atoms with Crippen LogP contribution in [0.3, 0.4) is 0 Å². The molecule has 3 aromatic rings. The number of benzene rings is 1. The number of likely N-dealkylation sites (N-methyl/N-ethyl adjacent to an activating group) is 1. The summed E-state index contributed by atoms with van der Waals surface area (Å²) >= 11 is 0. The van der Waals surface area contributed by atoms with Crippen LogP contribution in [0.2, 0.25) is 0 Å². The fraction of sp³-hybridized carbons (Fsp3) is 0.600. The molecule has 0 aliphatic carbocycles. The van der Waals surface area contributed by atoms with Crippen molar-refractivity contribution in [3.63, 3.8) is 0 Å². The zero-order valence-corrected chi connectivity index (χ0v) is 25.1. The van der Waals surface area contributed by atoms with Crippen molar-refractivity contribution >= 4 is 23.0 Å². The Morgan fingerprint density at radius 1 is 1.05 bits per heavy atom. The zero-order chi connectivity index (χ0) is 29.9. The molecule has 2 aromatic heterocycles. The predicted octanol–water partition coefficient (Wildman–Crippen LogP) is 2.43. The summed E-state index contributed by atoms with van der Waals surface area (Å²) in [7, 11) is 2.12. The Hall–Kier alpha value is -3.48. The maximum Gasteiger partial charge on any atom is 0.327 e. The third kappa shape index (κ3) is 9.27. The minimum Gasteiger partial charge on any atom is -0.481 e. The molecule has 0 radical (unpaired) electrons. The first-order chi connectivity index (χ1) is 20.3. The number of anilines is 1. The van der Waals surface area contributed by atoms with Gasteiger partial charge in [0.1, 0.15) is 5.52 Å². The van der Waals surface area contributed by atoms with Gasteiger partial charge in [0.05, 0.1) is 13.0 Å². The molecule has 0 spiro atoms. The first-order valence-electron chi connectivity index (χ1n) is 15.1. The number of nitrogens with one attached hydrogen (secondary N) is 1. The Kier molecular flexibility index (Phi) is 11.7. The molecule has 4 rings (SSSR count). The van der Waals surface area contributed by atoms with Crippen LogP contribution in [0, 0.1) is 0 Å². The summed E-state index contributed by atoms with van der Waals surface area (Å²) in [6.07, 6.45) is 4.97. The third-order valence-electron chi connectivity index (χ3n) is 7.78. The molecule has 1 aliphatic heterocycles. The number of piperazine rings is 1. The van der Waals surface area contributed by atoms with Crippen molar-refractivity contribution in [2.45, 2.75) is 58.5 Å². The van der Waals surface area contributed by atoms with Gasteiger partial charge in [0.2, 0.25) is 0 Å². The summed E-state index contributed by atoms with van der Waals surface area (Å²) in [5.41, 5.74) is 8.80. The third-order valence-corrected chi connectivity index (χ3v) is 7.78. The number of hydrogen-bond donors (Lipinski definition) is 3. The molecular weight excluding hydrogens is 536 g/mol. The van der Waals surface area contributed by atoms with Gasteiger partial charge in [0, 0.05) is 52.4 Å². The van der Waals surface area contributed by atoms with E-state index in [2.05, 4.69) is 49.7 Å². The number of fused-ring (bicyclic) bond motifs is 1. The molecule has 1 aliphatic rings. The highest BCUT2D eigenvalue weighted by atomic mass is 16.5. The van der Waals surface area contributed by atoms with Gasteiger partial charge in [-0.1, -0.05) is 44.0 Å². The summed E-state index contributed by atoms with van der Waals surface area (Å²) in [4.78, 5) is 42.3. The fourth-order valence-corrected chi connectivity index (χ4v) is 5.34. The topological polar surface area (TPSA) is 146 Å². The molecule has 3 heterocycles. The molecule has 1 fully saturated rings. The monoisotopic (exact) mass is 582 g/mol. The minimum atomic E-state index is -0.800. The molecular formula is C30H46N8O4. The summed E-state index contributed by atoms with van der Waals surface area (Å²) in [5.74, 6) is -0.568. The number of aromatic amines is 1. The Morgan fingerprint density at radius 3 is 2.50 bits per heavy atom. The van der Waals surface area contributed by atoms with Crippen molar-refractivity contribution in [2.24, 2.45) is 0 Å². The Balaban J connectivity index is 1.13. The zero-order valence-electron chi connectivity index (χ0n) is 25.1. The number of hydrogen-bond acceptors (Lipinski definition) is 9. The van der Waals surface area contributed by atoms with Gasteiger partial charge < -0.3 is 30.4 Å². The highest BCUT2D eigenvalue weighted by Gasteiger charge is 2.17. The van der Waals surface area contributed by atoms with E-state index in [-0.39, 0.29) is 23.9 Å². The number of nitrogen functional groups attached to an aromatic ring is 1. The maximum atomic E-state index is 12.5. The van der Waals surface area contributed by atoms with Gasteiger partial charge in [-0.2, -0.15) is 9.97 Å². The van der Waals surface area contributed by atoms with Crippen LogP contribution in [0.4, 0.5) is 5.82 Å². The van der Waals surface area contributed by atoms with Crippen LogP contribution in [0.1, 0.15) is 50.2 Å². The molecule has 0 amide bonds. The number of aryl methyl sites for hydroxylation is 1. The predicted molar refractivity (Wildman–Crippen MR) is 164 cm³/mol. The Morgan fingerprint density at radius 2 is 1.76 bits per heavy atom. The number of imidazole rings is 1. The molecule has 0 atom stereocenters. The molecule has 0 unspecified atom stereocenters. The SMILES string of the molecule is CCCCOc1nc(N)c2[nH]c(=O)n(CCCCCN3CCN(CCN(C)Cc4cccc(CC(=O)O)c4)CC3)c2n1. The minimum absolute atomic E-state index is 0.0623. The number of unbranched alkanes of at least 4 members (excludes halogenated alkanes) is 3. The number of rotatable bonds is 17. The number of aromatic nitrogens is 4. The normalized spacial score (nSPS) is 14.6. The lowest BCUT2D eigenvalue weighted by molar-refractivity contribution is -0.136. The lowest BCUT2D eigenvalue weighted by Crippen LogP contribution is -2.48. The van der Waals surface area contributed by atoms with Crippen LogP contribution in [0.25, 0.3) is 11.2 Å². The van der Waals surface area contributed by atoms with Gasteiger partial charge in [0.25, 0.3) is 0 Å². The lowest BCUT2D eigenvalue weighted by atomic mass is 10.1. The van der Waals surface area contributed by atoms with E-state index in [0.717, 1.165) is 95.6 Å². The van der Waals surface area contributed by atoms with E-state index >= 15 is 0 Å². The number of carbonyl (C=O) groups is 1. The molecule has 4 N–H and O–H groups in total. The van der Waals surface area contributed by atoms with Gasteiger partial charge >= 0.3 is 17.7 Å². The van der Waals surface area contributed by atoms with Gasteiger partial charge in [0.15, 0.2) is 11.5 Å². The first-order valence-corrected chi connectivity index (χ1v) is 15.1. The van der Waals surface area contributed by atoms with Gasteiger partial charge in [-0.3, -0.25) is 14.3 Å². The molecule has 12 nitrogen and oxygen atoms in total. The van der Waals surface area contributed by atoms with Crippen molar-refractivity contribution < 1.29 is 14.6 Å². The smallest absolute Gasteiger partial charge is 0.327 e. The Labute approximate surface area is 247 Å². The molecule has 1 saturated heterocycles. The number of carboxylic acid groups (broad SMARTS) is 1. The second kappa shape index (κ2) is 15.7. The molecule has 0 bridgehead atoms. The average molecular weight is 583 g/mol. The van der Waals surface area contributed by atoms with Crippen molar-refractivity contribution in [3.05, 3.63) is 45.9 Å². The fourth-order valence-electron chi connectivity index (χ4n) is 5.34. The van der Waals surface area contributed by atoms with E-state index in [9.17, 15) is 9.59 Å². The number of nitrogens with two attached hydrogens (primary N) is 1. The van der Waals surface area contributed by atoms with E-state index < -0.39 is 5.97 Å². The van der Waals surface area contributed by atoms with Crippen molar-refractivity contribution in [2.75, 3.05) is 65.2 Å². The number of ether oxygens (including phenoxy) is 1. The van der Waals surface area contributed by atoms with Crippen molar-refractivity contribution in [1.29, 1.82) is 0 Å². The van der Waals surface area contributed by atoms with E-state index in [1.807, 2.05) is 18.2 Å². The van der Waals surface area contributed by atoms with Crippen LogP contribution >= 0.6 is 0 Å². The number of nitrogens with zero attached hydrogens (tertiary/aromatic N) is 6. The summed E-state index contributed by atoms with van der Waals surface area (Å²) < 4.78 is 7.26. The van der Waals surface area contributed by atoms with Crippen LogP contribution in [0.5, 0.6) is 6.01 Å². The molecule has 42 heavy (non-hydrogen) atoms. The van der Waals surface area contributed by atoms with Crippen molar-refractivity contribution in [1.82, 2.24) is 34.2 Å². The largest absolute Gasteiger partial charge is 0.481 e. The quantitative estimate of drug-likeness (QED) is 0.203. The van der Waals surface area contributed by atoms with Crippen LogP contribution in [-0.4, -0.2) is 105 Å². The molecule has 230 valence electrons. The average Bonchev–Trinajstić information content (AvgIpc) is 3.28. The van der Waals surface area contributed by atoms with Crippen molar-refractivity contribution in [3.8, 4) is 6.01 Å². The summed E-state index contributed by atoms with van der Waals surface area (Å²) in [6, 6.07) is 8.08. The molecule has 12 heteroatoms. The Bertz CT molecular complexity index is 1350. The second-order valence-electron chi connectivity index (χ2n) is 11.2. The standard InChI is InChI=1S/C30H46N8O4/c1-3-4-19-42-29-33-27(31)26-28(34-29)38(30(41)32-26)12-7-5-6-11-36-15-17-37(18-16-36)14-13-35(2)22-24-10-8-9-23(20-24)21-25(39)40/h8-10,20H,3-7,11-19,21-22H2,1-2H3,(H,32,41)(H,39,40)(H2,31,33,34). The lowest BCUT2D eigenvalue weighted by Gasteiger charge is -2.35. The van der Waals surface area contributed by atoms with Gasteiger partial charge in [-0.05, 0) is 44.0 Å². The van der Waals surface area contributed by atoms with E-state index in [4.69, 9.17) is 15.6 Å². The highest BCUT2D eigenvalue weighted by Crippen LogP contribution is 2.18. The molecule has 0 saturated carbocycles. The summed E-state index contributed by atoms with van der Waals surface area (Å²) in [5, 5.41) is 9.03. The van der Waals surface area contributed by atoms with E-state index in [0.29, 0.717) is 24.3 Å². The number of H-pyrrole nitrogens is 1.